The highest BCUT2D eigenvalue weighted by Crippen LogP contribution is 2.30. The molecule has 0 atom stereocenters. The highest BCUT2D eigenvalue weighted by Gasteiger charge is 2.23. The van der Waals surface area contributed by atoms with E-state index in [2.05, 4.69) is 10.3 Å². The number of thiazole rings is 1. The van der Waals surface area contributed by atoms with Gasteiger partial charge >= 0.3 is 0 Å². The summed E-state index contributed by atoms with van der Waals surface area (Å²) in [6.07, 6.45) is 4.27. The van der Waals surface area contributed by atoms with Crippen LogP contribution in [0.25, 0.3) is 0 Å². The molecule has 1 aromatic heterocycles. The van der Waals surface area contributed by atoms with Crippen LogP contribution in [0.2, 0.25) is 0 Å². The van der Waals surface area contributed by atoms with Gasteiger partial charge in [-0.2, -0.15) is 4.31 Å². The first-order chi connectivity index (χ1) is 12.5. The van der Waals surface area contributed by atoms with Crippen LogP contribution in [0, 0.1) is 0 Å². The van der Waals surface area contributed by atoms with E-state index in [4.69, 9.17) is 0 Å². The van der Waals surface area contributed by atoms with E-state index in [-0.39, 0.29) is 10.8 Å². The largest absolute Gasteiger partial charge is 0.298 e. The van der Waals surface area contributed by atoms with Crippen molar-refractivity contribution in [1.82, 2.24) is 9.29 Å². The summed E-state index contributed by atoms with van der Waals surface area (Å²) in [5.41, 5.74) is 1.39. The summed E-state index contributed by atoms with van der Waals surface area (Å²) in [5, 5.41) is 3.39. The van der Waals surface area contributed by atoms with Crippen molar-refractivity contribution in [3.05, 3.63) is 40.4 Å². The number of fused-ring (bicyclic) bond motifs is 1. The highest BCUT2D eigenvalue weighted by atomic mass is 32.2. The van der Waals surface area contributed by atoms with Gasteiger partial charge in [-0.05, 0) is 43.9 Å². The molecule has 6 nitrogen and oxygen atoms in total. The average molecular weight is 394 g/mol. The van der Waals surface area contributed by atoms with Crippen molar-refractivity contribution in [1.29, 1.82) is 0 Å². The minimum atomic E-state index is -3.59. The van der Waals surface area contributed by atoms with Crippen LogP contribution in [0.4, 0.5) is 5.13 Å². The number of nitrogens with zero attached hydrogens (tertiary/aromatic N) is 2. The number of aromatic nitrogens is 1. The molecule has 140 valence electrons. The van der Waals surface area contributed by atoms with Crippen LogP contribution < -0.4 is 5.32 Å². The van der Waals surface area contributed by atoms with Gasteiger partial charge in [-0.15, -0.1) is 11.3 Å². The lowest BCUT2D eigenvalue weighted by Gasteiger charge is -2.18. The van der Waals surface area contributed by atoms with E-state index in [0.717, 1.165) is 31.4 Å². The highest BCUT2D eigenvalue weighted by molar-refractivity contribution is 7.89. The van der Waals surface area contributed by atoms with E-state index in [0.29, 0.717) is 23.8 Å². The molecule has 0 unspecified atom stereocenters. The monoisotopic (exact) mass is 393 g/mol. The van der Waals surface area contributed by atoms with Crippen molar-refractivity contribution >= 4 is 32.4 Å². The third-order valence-electron chi connectivity index (χ3n) is 4.51. The number of nitrogens with one attached hydrogen (secondary N) is 1. The zero-order valence-electron chi connectivity index (χ0n) is 15.0. The van der Waals surface area contributed by atoms with E-state index in [1.807, 2.05) is 0 Å². The molecule has 0 fully saturated rings. The predicted molar refractivity (Wildman–Crippen MR) is 103 cm³/mol. The molecule has 2 aromatic rings. The van der Waals surface area contributed by atoms with Gasteiger partial charge in [0.25, 0.3) is 5.91 Å². The molecular weight excluding hydrogens is 370 g/mol. The van der Waals surface area contributed by atoms with E-state index >= 15 is 0 Å². The molecule has 0 spiro atoms. The Balaban J connectivity index is 1.81. The number of anilines is 1. The second-order valence-electron chi connectivity index (χ2n) is 6.17. The Morgan fingerprint density at radius 1 is 1.23 bits per heavy atom. The van der Waals surface area contributed by atoms with Gasteiger partial charge in [0.1, 0.15) is 0 Å². The van der Waals surface area contributed by atoms with Gasteiger partial charge in [0.05, 0.1) is 10.6 Å². The first kappa shape index (κ1) is 19.0. The van der Waals surface area contributed by atoms with Gasteiger partial charge < -0.3 is 0 Å². The van der Waals surface area contributed by atoms with Crippen LogP contribution in [0.3, 0.4) is 0 Å². The predicted octanol–water partition coefficient (Wildman–Crippen LogP) is 3.30. The number of rotatable bonds is 6. The molecule has 1 N–H and O–H groups in total. The van der Waals surface area contributed by atoms with Gasteiger partial charge in [-0.1, -0.05) is 19.9 Å². The van der Waals surface area contributed by atoms with E-state index in [9.17, 15) is 13.2 Å². The molecule has 0 radical (unpaired) electrons. The maximum atomic E-state index is 12.6. The Labute approximate surface area is 158 Å². The fourth-order valence-electron chi connectivity index (χ4n) is 3.09. The summed E-state index contributed by atoms with van der Waals surface area (Å²) >= 11 is 1.51. The molecule has 1 amide bonds. The Kier molecular flexibility index (Phi) is 5.74. The molecule has 0 aliphatic heterocycles. The standard InChI is InChI=1S/C18H23N3O3S2/c1-3-21(4-2)26(23,24)14-9-7-8-13(12-14)17(22)20-18-19-15-10-5-6-11-16(15)25-18/h7-9,12H,3-6,10-11H2,1-2H3,(H,19,20,22). The third kappa shape index (κ3) is 3.82. The van der Waals surface area contributed by atoms with Gasteiger partial charge in [-0.3, -0.25) is 10.1 Å². The average Bonchev–Trinajstić information content (AvgIpc) is 3.05. The van der Waals surface area contributed by atoms with Gasteiger partial charge in [0, 0.05) is 23.5 Å². The Morgan fingerprint density at radius 2 is 1.96 bits per heavy atom. The second-order valence-corrected chi connectivity index (χ2v) is 9.19. The van der Waals surface area contributed by atoms with Crippen molar-refractivity contribution in [2.24, 2.45) is 0 Å². The Morgan fingerprint density at radius 3 is 2.65 bits per heavy atom. The van der Waals surface area contributed by atoms with Gasteiger partial charge in [0.15, 0.2) is 5.13 Å². The second kappa shape index (κ2) is 7.85. The summed E-state index contributed by atoms with van der Waals surface area (Å²) in [5.74, 6) is -0.340. The van der Waals surface area contributed by atoms with E-state index in [1.165, 1.54) is 32.7 Å². The molecule has 0 bridgehead atoms. The number of amides is 1. The summed E-state index contributed by atoms with van der Waals surface area (Å²) < 4.78 is 26.7. The summed E-state index contributed by atoms with van der Waals surface area (Å²) in [6, 6.07) is 6.16. The number of hydrogen-bond donors (Lipinski definition) is 1. The van der Waals surface area contributed by atoms with Crippen molar-refractivity contribution in [2.45, 2.75) is 44.4 Å². The summed E-state index contributed by atoms with van der Waals surface area (Å²) in [6.45, 7) is 4.36. The molecular formula is C18H23N3O3S2. The fourth-order valence-corrected chi connectivity index (χ4v) is 5.63. The smallest absolute Gasteiger partial charge is 0.257 e. The summed E-state index contributed by atoms with van der Waals surface area (Å²) in [4.78, 5) is 18.4. The number of carbonyl (C=O) groups is 1. The number of carbonyl (C=O) groups excluding carboxylic acids is 1. The van der Waals surface area contributed by atoms with Crippen molar-refractivity contribution in [2.75, 3.05) is 18.4 Å². The molecule has 1 aliphatic carbocycles. The minimum Gasteiger partial charge on any atom is -0.298 e. The Bertz CT molecular complexity index is 879. The molecule has 1 aliphatic rings. The van der Waals surface area contributed by atoms with Crippen molar-refractivity contribution in [3.63, 3.8) is 0 Å². The maximum Gasteiger partial charge on any atom is 0.257 e. The van der Waals surface area contributed by atoms with Crippen molar-refractivity contribution in [3.8, 4) is 0 Å². The molecule has 26 heavy (non-hydrogen) atoms. The maximum absolute atomic E-state index is 12.6. The third-order valence-corrected chi connectivity index (χ3v) is 7.62. The fraction of sp³-hybridized carbons (Fsp3) is 0.444. The molecule has 1 heterocycles. The number of sulfonamides is 1. The van der Waals surface area contributed by atoms with Crippen LogP contribution in [-0.4, -0.2) is 36.7 Å². The molecule has 1 aromatic carbocycles. The quantitative estimate of drug-likeness (QED) is 0.817. The van der Waals surface area contributed by atoms with E-state index < -0.39 is 10.0 Å². The minimum absolute atomic E-state index is 0.132. The summed E-state index contributed by atoms with van der Waals surface area (Å²) in [7, 11) is -3.59. The van der Waals surface area contributed by atoms with Crippen LogP contribution >= 0.6 is 11.3 Å². The first-order valence-electron chi connectivity index (χ1n) is 8.85. The Hall–Kier alpha value is -1.77. The lowest BCUT2D eigenvalue weighted by Crippen LogP contribution is -2.30. The van der Waals surface area contributed by atoms with Crippen molar-refractivity contribution < 1.29 is 13.2 Å². The number of benzene rings is 1. The van der Waals surface area contributed by atoms with Gasteiger partial charge in [-0.25, -0.2) is 13.4 Å². The zero-order valence-corrected chi connectivity index (χ0v) is 16.6. The van der Waals surface area contributed by atoms with Crippen LogP contribution in [0.15, 0.2) is 29.2 Å². The van der Waals surface area contributed by atoms with E-state index in [1.54, 1.807) is 26.0 Å². The molecule has 8 heteroatoms. The zero-order chi connectivity index (χ0) is 18.7. The lowest BCUT2D eigenvalue weighted by molar-refractivity contribution is 0.102. The van der Waals surface area contributed by atoms with Crippen LogP contribution in [0.5, 0.6) is 0 Å². The lowest BCUT2D eigenvalue weighted by atomic mass is 10.0. The number of aryl methyl sites for hydroxylation is 2. The van der Waals surface area contributed by atoms with Crippen LogP contribution in [-0.2, 0) is 22.9 Å². The topological polar surface area (TPSA) is 79.4 Å². The molecule has 0 saturated carbocycles. The molecule has 3 rings (SSSR count). The molecule has 0 saturated heterocycles. The number of hydrogen-bond acceptors (Lipinski definition) is 5. The van der Waals surface area contributed by atoms with Gasteiger partial charge in [0.2, 0.25) is 10.0 Å². The SMILES string of the molecule is CCN(CC)S(=O)(=O)c1cccc(C(=O)Nc2nc3c(s2)CCCC3)c1. The normalized spacial score (nSPS) is 14.3. The first-order valence-corrected chi connectivity index (χ1v) is 11.1. The van der Waals surface area contributed by atoms with Crippen LogP contribution in [0.1, 0.15) is 47.6 Å².